The van der Waals surface area contributed by atoms with E-state index in [0.29, 0.717) is 12.5 Å². The molecule has 1 rings (SSSR count). The van der Waals surface area contributed by atoms with E-state index in [4.69, 9.17) is 4.74 Å². The number of hydrogen-bond donors (Lipinski definition) is 1. The molecular weight excluding hydrogens is 180 g/mol. The van der Waals surface area contributed by atoms with Gasteiger partial charge in [0.05, 0.1) is 6.54 Å². The second-order valence-corrected chi connectivity index (χ2v) is 3.98. The summed E-state index contributed by atoms with van der Waals surface area (Å²) >= 11 is 0. The van der Waals surface area contributed by atoms with Crippen LogP contribution in [-0.2, 0) is 9.53 Å². The van der Waals surface area contributed by atoms with Crippen LogP contribution < -0.4 is 5.32 Å². The summed E-state index contributed by atoms with van der Waals surface area (Å²) in [6.45, 7) is 3.15. The van der Waals surface area contributed by atoms with Crippen molar-refractivity contribution in [1.29, 1.82) is 0 Å². The summed E-state index contributed by atoms with van der Waals surface area (Å²) in [5, 5.41) is 3.15. The Hall–Kier alpha value is -0.610. The van der Waals surface area contributed by atoms with Gasteiger partial charge in [-0.1, -0.05) is 0 Å². The average Bonchev–Trinajstić information content (AvgIpc) is 2.64. The first kappa shape index (κ1) is 11.5. The highest BCUT2D eigenvalue weighted by atomic mass is 16.5. The number of nitrogens with zero attached hydrogens (tertiary/aromatic N) is 1. The molecule has 0 radical (unpaired) electrons. The molecule has 0 bridgehead atoms. The van der Waals surface area contributed by atoms with Crippen LogP contribution in [0, 0.1) is 5.92 Å². The summed E-state index contributed by atoms with van der Waals surface area (Å²) in [7, 11) is 3.55. The Balaban J connectivity index is 1.96. The Morgan fingerprint density at radius 3 is 2.93 bits per heavy atom. The highest BCUT2D eigenvalue weighted by molar-refractivity contribution is 5.77. The van der Waals surface area contributed by atoms with Gasteiger partial charge in [-0.2, -0.15) is 0 Å². The minimum absolute atomic E-state index is 0.132. The molecule has 1 heterocycles. The molecule has 0 spiro atoms. The molecule has 1 N–H and O–H groups in total. The second-order valence-electron chi connectivity index (χ2n) is 3.98. The molecule has 1 amide bonds. The SMILES string of the molecule is CN(C)C(=O)CNCCC1CCOC1. The van der Waals surface area contributed by atoms with Crippen LogP contribution in [0.1, 0.15) is 12.8 Å². The van der Waals surface area contributed by atoms with Crippen LogP contribution in [0.2, 0.25) is 0 Å². The van der Waals surface area contributed by atoms with E-state index in [-0.39, 0.29) is 5.91 Å². The average molecular weight is 200 g/mol. The minimum Gasteiger partial charge on any atom is -0.381 e. The molecule has 1 unspecified atom stereocenters. The lowest BCUT2D eigenvalue weighted by atomic mass is 10.1. The van der Waals surface area contributed by atoms with Gasteiger partial charge in [-0.3, -0.25) is 4.79 Å². The third-order valence-electron chi connectivity index (χ3n) is 2.53. The number of carbonyl (C=O) groups is 1. The molecule has 0 aromatic heterocycles. The first-order valence-corrected chi connectivity index (χ1v) is 5.18. The smallest absolute Gasteiger partial charge is 0.236 e. The third kappa shape index (κ3) is 4.07. The highest BCUT2D eigenvalue weighted by Crippen LogP contribution is 2.14. The fourth-order valence-corrected chi connectivity index (χ4v) is 1.47. The van der Waals surface area contributed by atoms with Gasteiger partial charge in [-0.05, 0) is 25.3 Å². The standard InChI is InChI=1S/C10H20N2O2/c1-12(2)10(13)7-11-5-3-9-4-6-14-8-9/h9,11H,3-8H2,1-2H3. The van der Waals surface area contributed by atoms with E-state index in [9.17, 15) is 4.79 Å². The van der Waals surface area contributed by atoms with Gasteiger partial charge in [0.1, 0.15) is 0 Å². The van der Waals surface area contributed by atoms with Crippen molar-refractivity contribution in [1.82, 2.24) is 10.2 Å². The molecule has 14 heavy (non-hydrogen) atoms. The highest BCUT2D eigenvalue weighted by Gasteiger charge is 2.14. The molecule has 4 heteroatoms. The van der Waals surface area contributed by atoms with E-state index in [1.807, 2.05) is 0 Å². The van der Waals surface area contributed by atoms with Crippen LogP contribution in [0.15, 0.2) is 0 Å². The molecule has 4 nitrogen and oxygen atoms in total. The zero-order valence-electron chi connectivity index (χ0n) is 9.08. The number of hydrogen-bond acceptors (Lipinski definition) is 3. The van der Waals surface area contributed by atoms with Crippen LogP contribution in [0.5, 0.6) is 0 Å². The van der Waals surface area contributed by atoms with E-state index in [0.717, 1.165) is 26.2 Å². The summed E-state index contributed by atoms with van der Waals surface area (Å²) in [6.07, 6.45) is 2.28. The van der Waals surface area contributed by atoms with Crippen LogP contribution >= 0.6 is 0 Å². The Morgan fingerprint density at radius 1 is 1.57 bits per heavy atom. The van der Waals surface area contributed by atoms with E-state index < -0.39 is 0 Å². The Morgan fingerprint density at radius 2 is 2.36 bits per heavy atom. The van der Waals surface area contributed by atoms with Crippen molar-refractivity contribution < 1.29 is 9.53 Å². The molecule has 1 saturated heterocycles. The molecule has 82 valence electrons. The van der Waals surface area contributed by atoms with Crippen molar-refractivity contribution in [3.63, 3.8) is 0 Å². The molecule has 0 aliphatic carbocycles. The summed E-state index contributed by atoms with van der Waals surface area (Å²) in [5.41, 5.74) is 0. The van der Waals surface area contributed by atoms with Crippen molar-refractivity contribution in [3.05, 3.63) is 0 Å². The maximum absolute atomic E-state index is 11.2. The zero-order valence-corrected chi connectivity index (χ0v) is 9.08. The van der Waals surface area contributed by atoms with Gasteiger partial charge < -0.3 is 15.0 Å². The predicted octanol–water partition coefficient (Wildman–Crippen LogP) is 0.0908. The Kier molecular flexibility index (Phi) is 4.90. The van der Waals surface area contributed by atoms with Crippen LogP contribution in [0.4, 0.5) is 0 Å². The van der Waals surface area contributed by atoms with E-state index in [1.165, 1.54) is 6.42 Å². The normalized spacial score (nSPS) is 21.1. The lowest BCUT2D eigenvalue weighted by Gasteiger charge is -2.12. The van der Waals surface area contributed by atoms with Gasteiger partial charge in [-0.25, -0.2) is 0 Å². The quantitative estimate of drug-likeness (QED) is 0.640. The lowest BCUT2D eigenvalue weighted by Crippen LogP contribution is -2.33. The monoisotopic (exact) mass is 200 g/mol. The lowest BCUT2D eigenvalue weighted by molar-refractivity contribution is -0.127. The van der Waals surface area contributed by atoms with Crippen molar-refractivity contribution >= 4 is 5.91 Å². The molecule has 1 atom stereocenters. The fraction of sp³-hybridized carbons (Fsp3) is 0.900. The summed E-state index contributed by atoms with van der Waals surface area (Å²) < 4.78 is 5.27. The zero-order chi connectivity index (χ0) is 10.4. The van der Waals surface area contributed by atoms with Crippen molar-refractivity contribution in [2.75, 3.05) is 40.4 Å². The maximum atomic E-state index is 11.2. The van der Waals surface area contributed by atoms with Gasteiger partial charge in [0, 0.05) is 27.3 Å². The summed E-state index contributed by atoms with van der Waals surface area (Å²) in [5.74, 6) is 0.824. The van der Waals surface area contributed by atoms with Crippen LogP contribution in [0.3, 0.4) is 0 Å². The Bertz CT molecular complexity index is 177. The van der Waals surface area contributed by atoms with Gasteiger partial charge in [0.2, 0.25) is 5.91 Å². The van der Waals surface area contributed by atoms with E-state index in [1.54, 1.807) is 19.0 Å². The topological polar surface area (TPSA) is 41.6 Å². The molecule has 0 aromatic rings. The van der Waals surface area contributed by atoms with Crippen molar-refractivity contribution in [2.45, 2.75) is 12.8 Å². The summed E-state index contributed by atoms with van der Waals surface area (Å²) in [6, 6.07) is 0. The number of rotatable bonds is 5. The molecule has 1 aliphatic heterocycles. The molecular formula is C10H20N2O2. The number of nitrogens with one attached hydrogen (secondary N) is 1. The van der Waals surface area contributed by atoms with Gasteiger partial charge in [0.15, 0.2) is 0 Å². The number of likely N-dealkylation sites (N-methyl/N-ethyl adjacent to an activating group) is 1. The van der Waals surface area contributed by atoms with Gasteiger partial charge in [-0.15, -0.1) is 0 Å². The molecule has 1 fully saturated rings. The Labute approximate surface area is 85.6 Å². The van der Waals surface area contributed by atoms with Gasteiger partial charge >= 0.3 is 0 Å². The third-order valence-corrected chi connectivity index (χ3v) is 2.53. The fourth-order valence-electron chi connectivity index (χ4n) is 1.47. The van der Waals surface area contributed by atoms with Crippen molar-refractivity contribution in [2.24, 2.45) is 5.92 Å². The maximum Gasteiger partial charge on any atom is 0.236 e. The predicted molar refractivity (Wildman–Crippen MR) is 55.1 cm³/mol. The molecule has 0 aromatic carbocycles. The first-order valence-electron chi connectivity index (χ1n) is 5.18. The molecule has 0 saturated carbocycles. The minimum atomic E-state index is 0.132. The van der Waals surface area contributed by atoms with Crippen LogP contribution in [0.25, 0.3) is 0 Å². The second kappa shape index (κ2) is 5.98. The van der Waals surface area contributed by atoms with E-state index >= 15 is 0 Å². The first-order chi connectivity index (χ1) is 6.70. The largest absolute Gasteiger partial charge is 0.381 e. The van der Waals surface area contributed by atoms with Gasteiger partial charge in [0.25, 0.3) is 0 Å². The number of amides is 1. The number of carbonyl (C=O) groups excluding carboxylic acids is 1. The van der Waals surface area contributed by atoms with Crippen LogP contribution in [-0.4, -0.2) is 51.2 Å². The van der Waals surface area contributed by atoms with Crippen molar-refractivity contribution in [3.8, 4) is 0 Å². The summed E-state index contributed by atoms with van der Waals surface area (Å²) in [4.78, 5) is 12.8. The molecule has 1 aliphatic rings. The number of ether oxygens (including phenoxy) is 1. The van der Waals surface area contributed by atoms with E-state index in [2.05, 4.69) is 5.32 Å².